The monoisotopic (exact) mass is 226 g/mol. The van der Waals surface area contributed by atoms with Gasteiger partial charge in [-0.1, -0.05) is 12.2 Å². The van der Waals surface area contributed by atoms with E-state index in [2.05, 4.69) is 12.2 Å². The summed E-state index contributed by atoms with van der Waals surface area (Å²) in [5.41, 5.74) is 5.95. The van der Waals surface area contributed by atoms with Gasteiger partial charge in [0.15, 0.2) is 11.6 Å². The predicted octanol–water partition coefficient (Wildman–Crippen LogP) is 1.88. The first-order chi connectivity index (χ1) is 7.04. The fourth-order valence-electron chi connectivity index (χ4n) is 1.13. The smallest absolute Gasteiger partial charge is 0.165 e. The van der Waals surface area contributed by atoms with Crippen LogP contribution in [0.25, 0.3) is 0 Å². The molecule has 3 nitrogen and oxygen atoms in total. The molecular formula is C10H11FN2OS. The van der Waals surface area contributed by atoms with Crippen molar-refractivity contribution in [2.45, 2.75) is 6.42 Å². The molecule has 0 aliphatic carbocycles. The second kappa shape index (κ2) is 4.84. The van der Waals surface area contributed by atoms with Crippen molar-refractivity contribution in [2.75, 3.05) is 7.11 Å². The van der Waals surface area contributed by atoms with Crippen LogP contribution in [0.2, 0.25) is 0 Å². The van der Waals surface area contributed by atoms with Crippen molar-refractivity contribution in [3.05, 3.63) is 29.6 Å². The van der Waals surface area contributed by atoms with E-state index in [4.69, 9.17) is 15.9 Å². The highest BCUT2D eigenvalue weighted by atomic mass is 32.1. The van der Waals surface area contributed by atoms with E-state index in [1.165, 1.54) is 19.2 Å². The molecule has 5 heteroatoms. The van der Waals surface area contributed by atoms with Gasteiger partial charge in [0.2, 0.25) is 0 Å². The number of nitrogens with two attached hydrogens (primary N) is 1. The maximum absolute atomic E-state index is 13.3. The van der Waals surface area contributed by atoms with Crippen molar-refractivity contribution in [1.29, 1.82) is 5.41 Å². The molecule has 0 amide bonds. The normalized spacial score (nSPS) is 9.73. The number of thiocarbonyl (C=S) groups is 1. The summed E-state index contributed by atoms with van der Waals surface area (Å²) in [4.78, 5) is 0.219. The van der Waals surface area contributed by atoms with Gasteiger partial charge in [0.05, 0.1) is 12.1 Å². The fraction of sp³-hybridized carbons (Fsp3) is 0.200. The Morgan fingerprint density at radius 1 is 1.60 bits per heavy atom. The summed E-state index contributed by atoms with van der Waals surface area (Å²) >= 11 is 4.67. The highest BCUT2D eigenvalue weighted by molar-refractivity contribution is 7.80. The second-order valence-corrected chi connectivity index (χ2v) is 3.50. The lowest BCUT2D eigenvalue weighted by molar-refractivity contribution is 0.386. The Morgan fingerprint density at radius 2 is 2.27 bits per heavy atom. The summed E-state index contributed by atoms with van der Waals surface area (Å²) in [5.74, 6) is -0.343. The zero-order chi connectivity index (χ0) is 11.4. The van der Waals surface area contributed by atoms with Crippen LogP contribution in [0.3, 0.4) is 0 Å². The van der Waals surface area contributed by atoms with Gasteiger partial charge in [-0.2, -0.15) is 0 Å². The van der Waals surface area contributed by atoms with Crippen molar-refractivity contribution in [3.63, 3.8) is 0 Å². The molecule has 0 saturated heterocycles. The van der Waals surface area contributed by atoms with Crippen LogP contribution >= 0.6 is 12.2 Å². The van der Waals surface area contributed by atoms with Gasteiger partial charge >= 0.3 is 0 Å². The van der Waals surface area contributed by atoms with E-state index in [9.17, 15) is 4.39 Å². The molecule has 0 heterocycles. The highest BCUT2D eigenvalue weighted by Gasteiger charge is 2.07. The molecule has 0 radical (unpaired) electrons. The predicted molar refractivity (Wildman–Crippen MR) is 61.2 cm³/mol. The van der Waals surface area contributed by atoms with Crippen LogP contribution < -0.4 is 10.5 Å². The number of hydrogen-bond acceptors (Lipinski definition) is 3. The molecule has 0 saturated carbocycles. The minimum absolute atomic E-state index is 0.155. The maximum atomic E-state index is 13.3. The van der Waals surface area contributed by atoms with Crippen molar-refractivity contribution < 1.29 is 9.13 Å². The Balaban J connectivity index is 2.92. The van der Waals surface area contributed by atoms with E-state index in [1.807, 2.05) is 0 Å². The minimum atomic E-state index is -0.498. The fourth-order valence-corrected chi connectivity index (χ4v) is 1.27. The molecule has 0 spiro atoms. The molecule has 0 bridgehead atoms. The van der Waals surface area contributed by atoms with Crippen LogP contribution in [-0.2, 0) is 0 Å². The van der Waals surface area contributed by atoms with Gasteiger partial charge in [0.1, 0.15) is 0 Å². The number of halogens is 1. The quantitative estimate of drug-likeness (QED) is 0.608. The van der Waals surface area contributed by atoms with Crippen LogP contribution in [0.5, 0.6) is 5.75 Å². The van der Waals surface area contributed by atoms with Gasteiger partial charge in [-0.25, -0.2) is 4.39 Å². The van der Waals surface area contributed by atoms with Crippen molar-refractivity contribution in [2.24, 2.45) is 5.73 Å². The Labute approximate surface area is 92.6 Å². The Kier molecular flexibility index (Phi) is 3.74. The van der Waals surface area contributed by atoms with Crippen LogP contribution in [0.1, 0.15) is 12.0 Å². The number of nitrogens with one attached hydrogen (secondary N) is 1. The lowest BCUT2D eigenvalue weighted by Gasteiger charge is -2.05. The minimum Gasteiger partial charge on any atom is -0.494 e. The van der Waals surface area contributed by atoms with Crippen molar-refractivity contribution >= 4 is 22.9 Å². The summed E-state index contributed by atoms with van der Waals surface area (Å²) in [6, 6.07) is 4.31. The number of methoxy groups -OCH3 is 1. The third-order valence-electron chi connectivity index (χ3n) is 1.85. The Bertz CT molecular complexity index is 406. The van der Waals surface area contributed by atoms with E-state index < -0.39 is 5.82 Å². The number of ether oxygens (including phenoxy) is 1. The summed E-state index contributed by atoms with van der Waals surface area (Å²) < 4.78 is 18.0. The average Bonchev–Trinajstić information content (AvgIpc) is 2.16. The first-order valence-corrected chi connectivity index (χ1v) is 4.65. The molecule has 0 aliphatic heterocycles. The molecule has 1 rings (SSSR count). The topological polar surface area (TPSA) is 59.1 Å². The molecule has 80 valence electrons. The second-order valence-electron chi connectivity index (χ2n) is 2.97. The molecular weight excluding hydrogens is 215 g/mol. The number of rotatable bonds is 4. The SMILES string of the molecule is COc1ccc(C(=N)CC(N)=S)cc1F. The summed E-state index contributed by atoms with van der Waals surface area (Å²) in [5, 5.41) is 7.61. The first kappa shape index (κ1) is 11.6. The summed E-state index contributed by atoms with van der Waals surface area (Å²) in [7, 11) is 1.39. The molecule has 0 aliphatic rings. The van der Waals surface area contributed by atoms with Crippen LogP contribution in [0.4, 0.5) is 4.39 Å². The van der Waals surface area contributed by atoms with Gasteiger partial charge in [-0.15, -0.1) is 0 Å². The lowest BCUT2D eigenvalue weighted by atomic mass is 10.1. The molecule has 0 unspecified atom stereocenters. The van der Waals surface area contributed by atoms with Gasteiger partial charge in [-0.3, -0.25) is 0 Å². The summed E-state index contributed by atoms with van der Waals surface area (Å²) in [6.07, 6.45) is 0.168. The van der Waals surface area contributed by atoms with E-state index in [0.29, 0.717) is 5.56 Å². The molecule has 1 aromatic rings. The standard InChI is InChI=1S/C10H11FN2OS/c1-14-9-3-2-6(4-7(9)11)8(12)5-10(13)15/h2-4,12H,5H2,1H3,(H2,13,15). The largest absolute Gasteiger partial charge is 0.494 e. The number of hydrogen-bond donors (Lipinski definition) is 2. The molecule has 15 heavy (non-hydrogen) atoms. The number of benzene rings is 1. The molecule has 0 aromatic heterocycles. The van der Waals surface area contributed by atoms with Crippen LogP contribution in [0.15, 0.2) is 18.2 Å². The molecule has 1 aromatic carbocycles. The van der Waals surface area contributed by atoms with Gasteiger partial charge < -0.3 is 15.9 Å². The van der Waals surface area contributed by atoms with Crippen LogP contribution in [0, 0.1) is 11.2 Å². The molecule has 0 atom stereocenters. The first-order valence-electron chi connectivity index (χ1n) is 4.24. The maximum Gasteiger partial charge on any atom is 0.165 e. The Hall–Kier alpha value is -1.49. The van der Waals surface area contributed by atoms with Crippen LogP contribution in [-0.4, -0.2) is 17.8 Å². The molecule has 3 N–H and O–H groups in total. The molecule has 0 fully saturated rings. The third-order valence-corrected chi connectivity index (χ3v) is 2.00. The lowest BCUT2D eigenvalue weighted by Crippen LogP contribution is -2.14. The van der Waals surface area contributed by atoms with E-state index in [-0.39, 0.29) is 22.9 Å². The summed E-state index contributed by atoms with van der Waals surface area (Å²) in [6.45, 7) is 0. The van der Waals surface area contributed by atoms with E-state index >= 15 is 0 Å². The third kappa shape index (κ3) is 2.99. The van der Waals surface area contributed by atoms with Gasteiger partial charge in [0, 0.05) is 12.1 Å². The van der Waals surface area contributed by atoms with E-state index in [1.54, 1.807) is 6.07 Å². The highest BCUT2D eigenvalue weighted by Crippen LogP contribution is 2.18. The Morgan fingerprint density at radius 3 is 2.73 bits per heavy atom. The zero-order valence-corrected chi connectivity index (χ0v) is 9.03. The zero-order valence-electron chi connectivity index (χ0n) is 8.21. The van der Waals surface area contributed by atoms with Crippen molar-refractivity contribution in [1.82, 2.24) is 0 Å². The van der Waals surface area contributed by atoms with Gasteiger partial charge in [0.25, 0.3) is 0 Å². The average molecular weight is 226 g/mol. The van der Waals surface area contributed by atoms with Crippen molar-refractivity contribution in [3.8, 4) is 5.75 Å². The van der Waals surface area contributed by atoms with E-state index in [0.717, 1.165) is 0 Å². The van der Waals surface area contributed by atoms with Gasteiger partial charge in [-0.05, 0) is 23.8 Å².